The van der Waals surface area contributed by atoms with Crippen LogP contribution in [0.4, 0.5) is 5.69 Å². The molecule has 2 aromatic carbocycles. The van der Waals surface area contributed by atoms with Crippen LogP contribution in [0.1, 0.15) is 20.8 Å². The van der Waals surface area contributed by atoms with Crippen LogP contribution in [0.15, 0.2) is 48.5 Å². The second kappa shape index (κ2) is 5.68. The largest absolute Gasteiger partial charge is 0.392 e. The standard InChI is InChI=1S/C17H15NO2S/c1-11-14-7-2-3-8-15(14)21-16(11)17(20)18-13-6-4-5-12(9-13)10-19/h2-9,19H,10H2,1H3,(H,18,20). The first-order valence-electron chi connectivity index (χ1n) is 6.68. The molecule has 0 atom stereocenters. The quantitative estimate of drug-likeness (QED) is 0.769. The fourth-order valence-corrected chi connectivity index (χ4v) is 3.43. The number of benzene rings is 2. The summed E-state index contributed by atoms with van der Waals surface area (Å²) in [4.78, 5) is 13.2. The number of aryl methyl sites for hydroxylation is 1. The molecular formula is C17H15NO2S. The number of thiophene rings is 1. The van der Waals surface area contributed by atoms with E-state index in [0.29, 0.717) is 5.69 Å². The predicted molar refractivity (Wildman–Crippen MR) is 86.9 cm³/mol. The fourth-order valence-electron chi connectivity index (χ4n) is 2.33. The van der Waals surface area contributed by atoms with Crippen molar-refractivity contribution in [3.8, 4) is 0 Å². The number of carbonyl (C=O) groups is 1. The first-order valence-corrected chi connectivity index (χ1v) is 7.50. The van der Waals surface area contributed by atoms with E-state index in [1.165, 1.54) is 11.3 Å². The van der Waals surface area contributed by atoms with Gasteiger partial charge in [0.05, 0.1) is 11.5 Å². The van der Waals surface area contributed by atoms with Crippen molar-refractivity contribution in [2.75, 3.05) is 5.32 Å². The van der Waals surface area contributed by atoms with Crippen LogP contribution in [0, 0.1) is 6.92 Å². The van der Waals surface area contributed by atoms with E-state index in [-0.39, 0.29) is 12.5 Å². The first kappa shape index (κ1) is 13.8. The predicted octanol–water partition coefficient (Wildman–Crippen LogP) is 3.95. The monoisotopic (exact) mass is 297 g/mol. The molecule has 106 valence electrons. The van der Waals surface area contributed by atoms with E-state index in [9.17, 15) is 4.79 Å². The maximum atomic E-state index is 12.4. The molecule has 0 fully saturated rings. The molecule has 1 heterocycles. The lowest BCUT2D eigenvalue weighted by atomic mass is 10.1. The molecule has 4 heteroatoms. The molecule has 21 heavy (non-hydrogen) atoms. The van der Waals surface area contributed by atoms with Gasteiger partial charge in [0.2, 0.25) is 0 Å². The number of anilines is 1. The number of aliphatic hydroxyl groups excluding tert-OH is 1. The molecule has 0 saturated carbocycles. The zero-order valence-corrected chi connectivity index (χ0v) is 12.4. The molecular weight excluding hydrogens is 282 g/mol. The van der Waals surface area contributed by atoms with E-state index in [1.807, 2.05) is 49.4 Å². The highest BCUT2D eigenvalue weighted by Gasteiger charge is 2.15. The number of nitrogens with one attached hydrogen (secondary N) is 1. The minimum absolute atomic E-state index is 0.0361. The van der Waals surface area contributed by atoms with Gasteiger partial charge in [-0.15, -0.1) is 11.3 Å². The van der Waals surface area contributed by atoms with E-state index in [2.05, 4.69) is 5.32 Å². The molecule has 0 aliphatic heterocycles. The number of hydrogen-bond donors (Lipinski definition) is 2. The Kier molecular flexibility index (Phi) is 3.73. The van der Waals surface area contributed by atoms with Gasteiger partial charge in [0.15, 0.2) is 0 Å². The van der Waals surface area contributed by atoms with Gasteiger partial charge < -0.3 is 10.4 Å². The molecule has 0 spiro atoms. The zero-order chi connectivity index (χ0) is 14.8. The highest BCUT2D eigenvalue weighted by atomic mass is 32.1. The van der Waals surface area contributed by atoms with Crippen molar-refractivity contribution < 1.29 is 9.90 Å². The van der Waals surface area contributed by atoms with Crippen molar-refractivity contribution in [2.45, 2.75) is 13.5 Å². The minimum atomic E-state index is -0.108. The molecule has 0 aliphatic carbocycles. The molecule has 3 rings (SSSR count). The summed E-state index contributed by atoms with van der Waals surface area (Å²) < 4.78 is 1.12. The molecule has 1 aromatic heterocycles. The number of carbonyl (C=O) groups excluding carboxylic acids is 1. The summed E-state index contributed by atoms with van der Waals surface area (Å²) in [5.74, 6) is -0.108. The zero-order valence-electron chi connectivity index (χ0n) is 11.6. The second-order valence-electron chi connectivity index (χ2n) is 4.86. The van der Waals surface area contributed by atoms with Crippen molar-refractivity contribution in [1.29, 1.82) is 0 Å². The van der Waals surface area contributed by atoms with Gasteiger partial charge in [-0.3, -0.25) is 4.79 Å². The summed E-state index contributed by atoms with van der Waals surface area (Å²) in [5.41, 5.74) is 2.48. The van der Waals surface area contributed by atoms with Gasteiger partial charge in [0.1, 0.15) is 0 Å². The Labute approximate surface area is 126 Å². The van der Waals surface area contributed by atoms with Crippen LogP contribution in [-0.2, 0) is 6.61 Å². The molecule has 3 aromatic rings. The van der Waals surface area contributed by atoms with Crippen molar-refractivity contribution in [3.63, 3.8) is 0 Å². The Morgan fingerprint density at radius 1 is 1.19 bits per heavy atom. The van der Waals surface area contributed by atoms with Crippen LogP contribution >= 0.6 is 11.3 Å². The van der Waals surface area contributed by atoms with E-state index in [1.54, 1.807) is 6.07 Å². The van der Waals surface area contributed by atoms with Crippen molar-refractivity contribution in [1.82, 2.24) is 0 Å². The van der Waals surface area contributed by atoms with E-state index < -0.39 is 0 Å². The second-order valence-corrected chi connectivity index (χ2v) is 5.92. The van der Waals surface area contributed by atoms with E-state index >= 15 is 0 Å². The van der Waals surface area contributed by atoms with Crippen molar-refractivity contribution in [3.05, 3.63) is 64.5 Å². The molecule has 0 radical (unpaired) electrons. The SMILES string of the molecule is Cc1c(C(=O)Nc2cccc(CO)c2)sc2ccccc12. The summed E-state index contributed by atoms with van der Waals surface area (Å²) in [6.07, 6.45) is 0. The third-order valence-electron chi connectivity index (χ3n) is 3.42. The summed E-state index contributed by atoms with van der Waals surface area (Å²) in [7, 11) is 0. The highest BCUT2D eigenvalue weighted by molar-refractivity contribution is 7.21. The number of fused-ring (bicyclic) bond motifs is 1. The lowest BCUT2D eigenvalue weighted by molar-refractivity contribution is 0.103. The Morgan fingerprint density at radius 3 is 2.76 bits per heavy atom. The Morgan fingerprint density at radius 2 is 2.00 bits per heavy atom. The topological polar surface area (TPSA) is 49.3 Å². The van der Waals surface area contributed by atoms with Crippen LogP contribution in [-0.4, -0.2) is 11.0 Å². The Bertz CT molecular complexity index is 807. The van der Waals surface area contributed by atoms with Gasteiger partial charge in [-0.25, -0.2) is 0 Å². The molecule has 2 N–H and O–H groups in total. The van der Waals surface area contributed by atoms with E-state index in [0.717, 1.165) is 26.1 Å². The van der Waals surface area contributed by atoms with Crippen molar-refractivity contribution >= 4 is 33.0 Å². The highest BCUT2D eigenvalue weighted by Crippen LogP contribution is 2.31. The van der Waals surface area contributed by atoms with Crippen molar-refractivity contribution in [2.24, 2.45) is 0 Å². The lowest BCUT2D eigenvalue weighted by Gasteiger charge is -2.06. The number of rotatable bonds is 3. The third-order valence-corrected chi connectivity index (χ3v) is 4.69. The van der Waals surface area contributed by atoms with Crippen LogP contribution < -0.4 is 5.32 Å². The third kappa shape index (κ3) is 2.68. The summed E-state index contributed by atoms with van der Waals surface area (Å²) in [5, 5.41) is 13.2. The molecule has 3 nitrogen and oxygen atoms in total. The fraction of sp³-hybridized carbons (Fsp3) is 0.118. The molecule has 0 saturated heterocycles. The maximum Gasteiger partial charge on any atom is 0.266 e. The van der Waals surface area contributed by atoms with Gasteiger partial charge in [-0.1, -0.05) is 30.3 Å². The molecule has 0 aliphatic rings. The van der Waals surface area contributed by atoms with Crippen LogP contribution in [0.5, 0.6) is 0 Å². The van der Waals surface area contributed by atoms with Crippen LogP contribution in [0.25, 0.3) is 10.1 Å². The molecule has 1 amide bonds. The van der Waals surface area contributed by atoms with E-state index in [4.69, 9.17) is 5.11 Å². The maximum absolute atomic E-state index is 12.4. The smallest absolute Gasteiger partial charge is 0.266 e. The number of aliphatic hydroxyl groups is 1. The van der Waals surface area contributed by atoms with Gasteiger partial charge in [-0.2, -0.15) is 0 Å². The summed E-state index contributed by atoms with van der Waals surface area (Å²) in [6.45, 7) is 1.93. The number of amides is 1. The average molecular weight is 297 g/mol. The average Bonchev–Trinajstić information content (AvgIpc) is 2.85. The van der Waals surface area contributed by atoms with Gasteiger partial charge >= 0.3 is 0 Å². The van der Waals surface area contributed by atoms with Crippen LogP contribution in [0.3, 0.4) is 0 Å². The number of hydrogen-bond acceptors (Lipinski definition) is 3. The molecule has 0 bridgehead atoms. The normalized spacial score (nSPS) is 10.8. The minimum Gasteiger partial charge on any atom is -0.392 e. The Hall–Kier alpha value is -2.17. The van der Waals surface area contributed by atoms with Gasteiger partial charge in [0.25, 0.3) is 5.91 Å². The van der Waals surface area contributed by atoms with Crippen LogP contribution in [0.2, 0.25) is 0 Å². The summed E-state index contributed by atoms with van der Waals surface area (Å²) in [6, 6.07) is 15.2. The lowest BCUT2D eigenvalue weighted by Crippen LogP contribution is -2.11. The first-order chi connectivity index (χ1) is 10.2. The van der Waals surface area contributed by atoms with Gasteiger partial charge in [-0.05, 0) is 41.6 Å². The van der Waals surface area contributed by atoms with Gasteiger partial charge in [0, 0.05) is 10.4 Å². The summed E-state index contributed by atoms with van der Waals surface area (Å²) >= 11 is 1.50. The Balaban J connectivity index is 1.91. The molecule has 0 unspecified atom stereocenters.